The minimum absolute atomic E-state index is 0.0201. The van der Waals surface area contributed by atoms with Crippen LogP contribution in [-0.4, -0.2) is 25.7 Å². The number of hydrogen-bond donors (Lipinski definition) is 1. The summed E-state index contributed by atoms with van der Waals surface area (Å²) in [4.78, 5) is 16.2. The summed E-state index contributed by atoms with van der Waals surface area (Å²) in [5.74, 6) is -0.858. The van der Waals surface area contributed by atoms with Crippen LogP contribution in [0.2, 0.25) is 0 Å². The van der Waals surface area contributed by atoms with Gasteiger partial charge in [0.1, 0.15) is 11.3 Å². The zero-order valence-electron chi connectivity index (χ0n) is 13.6. The number of para-hydroxylation sites is 2. The molecule has 24 heavy (non-hydrogen) atoms. The first-order chi connectivity index (χ1) is 11.4. The Hall–Kier alpha value is -2.52. The van der Waals surface area contributed by atoms with Crippen LogP contribution in [0.15, 0.2) is 35.4 Å². The van der Waals surface area contributed by atoms with E-state index in [0.29, 0.717) is 11.2 Å². The van der Waals surface area contributed by atoms with Crippen LogP contribution in [0.5, 0.6) is 0 Å². The van der Waals surface area contributed by atoms with E-state index in [-0.39, 0.29) is 5.92 Å². The van der Waals surface area contributed by atoms with Gasteiger partial charge in [0, 0.05) is 0 Å². The average molecular weight is 339 g/mol. The summed E-state index contributed by atoms with van der Waals surface area (Å²) in [5, 5.41) is 19.2. The first kappa shape index (κ1) is 16.3. The Kier molecular flexibility index (Phi) is 4.20. The largest absolute Gasteiger partial charge is 0.480 e. The highest BCUT2D eigenvalue weighted by molar-refractivity contribution is 8.00. The Morgan fingerprint density at radius 3 is 2.71 bits per heavy atom. The molecule has 0 bridgehead atoms. The molecule has 3 aromatic rings. The second-order valence-electron chi connectivity index (χ2n) is 6.03. The normalized spacial score (nSPS) is 12.6. The number of carboxylic acids is 1. The lowest BCUT2D eigenvalue weighted by Crippen LogP contribution is -2.22. The molecule has 2 aromatic heterocycles. The SMILES string of the molecule is Cc1cc(SC(C(=O)O)C(C)C)n2c(nc3ccccc32)c1C#N. The predicted molar refractivity (Wildman–Crippen MR) is 94.3 cm³/mol. The summed E-state index contributed by atoms with van der Waals surface area (Å²) in [6.07, 6.45) is 0. The van der Waals surface area contributed by atoms with Gasteiger partial charge >= 0.3 is 5.97 Å². The maximum absolute atomic E-state index is 11.6. The van der Waals surface area contributed by atoms with E-state index in [0.717, 1.165) is 21.6 Å². The van der Waals surface area contributed by atoms with Crippen molar-refractivity contribution in [3.63, 3.8) is 0 Å². The third-order valence-corrected chi connectivity index (χ3v) is 5.49. The Morgan fingerprint density at radius 2 is 2.08 bits per heavy atom. The van der Waals surface area contributed by atoms with Crippen molar-refractivity contribution in [3.05, 3.63) is 41.5 Å². The highest BCUT2D eigenvalue weighted by Gasteiger charge is 2.25. The van der Waals surface area contributed by atoms with Crippen LogP contribution in [0.3, 0.4) is 0 Å². The van der Waals surface area contributed by atoms with Gasteiger partial charge in [-0.25, -0.2) is 4.98 Å². The van der Waals surface area contributed by atoms with E-state index in [1.807, 2.05) is 55.5 Å². The molecule has 1 atom stereocenters. The molecular formula is C18H17N3O2S. The van der Waals surface area contributed by atoms with Gasteiger partial charge < -0.3 is 5.11 Å². The van der Waals surface area contributed by atoms with Gasteiger partial charge in [0.25, 0.3) is 0 Å². The van der Waals surface area contributed by atoms with Crippen molar-refractivity contribution in [2.45, 2.75) is 31.0 Å². The van der Waals surface area contributed by atoms with Crippen molar-refractivity contribution in [2.24, 2.45) is 5.92 Å². The van der Waals surface area contributed by atoms with Gasteiger partial charge in [0.2, 0.25) is 0 Å². The number of carbonyl (C=O) groups is 1. The molecule has 122 valence electrons. The van der Waals surface area contributed by atoms with Crippen molar-refractivity contribution in [1.82, 2.24) is 9.38 Å². The summed E-state index contributed by atoms with van der Waals surface area (Å²) in [6, 6.07) is 11.7. The van der Waals surface area contributed by atoms with Gasteiger partial charge in [-0.05, 0) is 36.6 Å². The van der Waals surface area contributed by atoms with E-state index < -0.39 is 11.2 Å². The molecule has 0 saturated heterocycles. The predicted octanol–water partition coefficient (Wildman–Crippen LogP) is 3.87. The summed E-state index contributed by atoms with van der Waals surface area (Å²) in [5.41, 5.74) is 3.56. The van der Waals surface area contributed by atoms with Gasteiger partial charge in [0.15, 0.2) is 5.65 Å². The number of benzene rings is 1. The molecule has 6 heteroatoms. The van der Waals surface area contributed by atoms with Crippen molar-refractivity contribution >= 4 is 34.4 Å². The summed E-state index contributed by atoms with van der Waals surface area (Å²) in [6.45, 7) is 5.64. The Bertz CT molecular complexity index is 985. The van der Waals surface area contributed by atoms with Gasteiger partial charge in [-0.15, -0.1) is 0 Å². The Labute approximate surface area is 143 Å². The maximum atomic E-state index is 11.6. The molecule has 0 fully saturated rings. The zero-order valence-corrected chi connectivity index (χ0v) is 14.5. The molecule has 0 aliphatic carbocycles. The fraction of sp³-hybridized carbons (Fsp3) is 0.278. The highest BCUT2D eigenvalue weighted by Crippen LogP contribution is 2.33. The molecule has 0 saturated carbocycles. The van der Waals surface area contributed by atoms with E-state index in [2.05, 4.69) is 11.1 Å². The monoisotopic (exact) mass is 339 g/mol. The van der Waals surface area contributed by atoms with Crippen LogP contribution in [0, 0.1) is 24.2 Å². The van der Waals surface area contributed by atoms with Crippen molar-refractivity contribution < 1.29 is 9.90 Å². The third kappa shape index (κ3) is 2.61. The molecule has 1 unspecified atom stereocenters. The molecular weight excluding hydrogens is 322 g/mol. The third-order valence-electron chi connectivity index (χ3n) is 3.95. The number of nitriles is 1. The van der Waals surface area contributed by atoms with E-state index in [9.17, 15) is 15.2 Å². The number of rotatable bonds is 4. The van der Waals surface area contributed by atoms with Crippen LogP contribution in [0.25, 0.3) is 16.7 Å². The number of hydrogen-bond acceptors (Lipinski definition) is 4. The molecule has 0 amide bonds. The van der Waals surface area contributed by atoms with Gasteiger partial charge in [-0.2, -0.15) is 5.26 Å². The number of nitrogens with zero attached hydrogens (tertiary/aromatic N) is 3. The number of imidazole rings is 1. The Balaban J connectivity index is 2.32. The molecule has 2 heterocycles. The number of aryl methyl sites for hydroxylation is 1. The van der Waals surface area contributed by atoms with Gasteiger partial charge in [-0.1, -0.05) is 37.7 Å². The molecule has 0 aliphatic heterocycles. The Morgan fingerprint density at radius 1 is 1.38 bits per heavy atom. The first-order valence-electron chi connectivity index (χ1n) is 7.64. The quantitative estimate of drug-likeness (QED) is 0.730. The minimum atomic E-state index is -0.838. The summed E-state index contributed by atoms with van der Waals surface area (Å²) >= 11 is 1.30. The van der Waals surface area contributed by atoms with Crippen LogP contribution in [0.1, 0.15) is 25.0 Å². The summed E-state index contributed by atoms with van der Waals surface area (Å²) in [7, 11) is 0. The lowest BCUT2D eigenvalue weighted by molar-refractivity contribution is -0.137. The molecule has 1 N–H and O–H groups in total. The zero-order chi connectivity index (χ0) is 17.4. The number of thioether (sulfide) groups is 1. The van der Waals surface area contributed by atoms with Crippen LogP contribution >= 0.6 is 11.8 Å². The van der Waals surface area contributed by atoms with Crippen molar-refractivity contribution in [2.75, 3.05) is 0 Å². The second-order valence-corrected chi connectivity index (χ2v) is 7.19. The van der Waals surface area contributed by atoms with E-state index in [4.69, 9.17) is 0 Å². The second kappa shape index (κ2) is 6.17. The number of fused-ring (bicyclic) bond motifs is 3. The van der Waals surface area contributed by atoms with Crippen LogP contribution in [0.4, 0.5) is 0 Å². The smallest absolute Gasteiger partial charge is 0.317 e. The number of pyridine rings is 1. The molecule has 0 spiro atoms. The lowest BCUT2D eigenvalue weighted by Gasteiger charge is -2.17. The fourth-order valence-electron chi connectivity index (χ4n) is 2.74. The van der Waals surface area contributed by atoms with E-state index in [1.165, 1.54) is 11.8 Å². The lowest BCUT2D eigenvalue weighted by atomic mass is 10.1. The van der Waals surface area contributed by atoms with E-state index >= 15 is 0 Å². The molecule has 1 aromatic carbocycles. The molecule has 5 nitrogen and oxygen atoms in total. The summed E-state index contributed by atoms with van der Waals surface area (Å²) < 4.78 is 1.89. The standard InChI is InChI=1S/C18H17N3O2S/c1-10(2)16(18(22)23)24-15-8-11(3)12(9-19)17-20-13-6-4-5-7-14(13)21(15)17/h4-8,10,16H,1-3H3,(H,22,23). The van der Waals surface area contributed by atoms with Crippen LogP contribution in [-0.2, 0) is 4.79 Å². The molecule has 0 aliphatic rings. The minimum Gasteiger partial charge on any atom is -0.480 e. The van der Waals surface area contributed by atoms with Crippen molar-refractivity contribution in [1.29, 1.82) is 5.26 Å². The number of aliphatic carboxylic acids is 1. The van der Waals surface area contributed by atoms with Gasteiger partial charge in [-0.3, -0.25) is 9.20 Å². The molecule has 3 rings (SSSR count). The number of aromatic nitrogens is 2. The topological polar surface area (TPSA) is 78.4 Å². The number of carboxylic acid groups (broad SMARTS) is 1. The van der Waals surface area contributed by atoms with Crippen LogP contribution < -0.4 is 0 Å². The highest BCUT2D eigenvalue weighted by atomic mass is 32.2. The maximum Gasteiger partial charge on any atom is 0.317 e. The fourth-order valence-corrected chi connectivity index (χ4v) is 3.91. The van der Waals surface area contributed by atoms with Crippen molar-refractivity contribution in [3.8, 4) is 6.07 Å². The molecule has 0 radical (unpaired) electrons. The first-order valence-corrected chi connectivity index (χ1v) is 8.52. The van der Waals surface area contributed by atoms with E-state index in [1.54, 1.807) is 0 Å². The van der Waals surface area contributed by atoms with Gasteiger partial charge in [0.05, 0.1) is 21.6 Å². The average Bonchev–Trinajstić information content (AvgIpc) is 2.91.